The molecule has 0 unspecified atom stereocenters. The van der Waals surface area contributed by atoms with E-state index in [1.165, 1.54) is 16.2 Å². The number of hydrogen-bond donors (Lipinski definition) is 3. The monoisotopic (exact) mass is 1030 g/mol. The first-order valence-corrected chi connectivity index (χ1v) is 26.5. The van der Waals surface area contributed by atoms with Crippen molar-refractivity contribution in [2.75, 3.05) is 0 Å². The van der Waals surface area contributed by atoms with E-state index in [-0.39, 0.29) is 37.2 Å². The van der Waals surface area contributed by atoms with Crippen molar-refractivity contribution in [1.29, 1.82) is 0 Å². The lowest BCUT2D eigenvalue weighted by Gasteiger charge is -2.47. The summed E-state index contributed by atoms with van der Waals surface area (Å²) in [6.07, 6.45) is 3.18. The van der Waals surface area contributed by atoms with Crippen LogP contribution in [0.2, 0.25) is 0 Å². The summed E-state index contributed by atoms with van der Waals surface area (Å²) in [4.78, 5) is 74.7. The Hall–Kier alpha value is -3.71. The molecule has 5 saturated heterocycles. The third-order valence-corrected chi connectivity index (χ3v) is 15.8. The van der Waals surface area contributed by atoms with Gasteiger partial charge < -0.3 is 50.0 Å². The maximum Gasteiger partial charge on any atom is 0.314 e. The highest BCUT2D eigenvalue weighted by Gasteiger charge is 2.54. The number of rotatable bonds is 10. The molecule has 412 valence electrons. The van der Waals surface area contributed by atoms with Crippen LogP contribution in [0.25, 0.3) is 0 Å². The second kappa shape index (κ2) is 19.4. The van der Waals surface area contributed by atoms with Crippen molar-refractivity contribution in [2.45, 2.75) is 258 Å². The third kappa shape index (κ3) is 13.6. The lowest BCUT2D eigenvalue weighted by atomic mass is 9.75. The van der Waals surface area contributed by atoms with Crippen LogP contribution >= 0.6 is 0 Å². The standard InChI is InChI=1S/C56H91N5O12/c1-47(2)22-32(23-48(3,4)57-47)42(62)69-37-21-38(70-43(63)35-28-53(13,14)60(67)54(15,16)29-35)40(72-46(66)36-30-55(17,18)61(68)56(19,20)31-36)41(73-45(65)34-26-51(9,10)59-52(11,12)27-34)39(37)71-44(64)33-24-49(5,6)58-50(7,8)25-33/h21,32-36,57-59,67-68H,22-31H2,1-20H3/p+2. The van der Waals surface area contributed by atoms with E-state index in [9.17, 15) is 19.2 Å². The van der Waals surface area contributed by atoms with E-state index in [0.29, 0.717) is 38.5 Å². The van der Waals surface area contributed by atoms with Crippen LogP contribution < -0.4 is 39.6 Å². The molecule has 17 heteroatoms. The second-order valence-electron chi connectivity index (χ2n) is 29.1. The molecule has 5 aliphatic rings. The molecule has 7 N–H and O–H groups in total. The summed E-state index contributed by atoms with van der Waals surface area (Å²) in [5.74, 6) is -9.35. The van der Waals surface area contributed by atoms with Gasteiger partial charge in [0.05, 0.1) is 51.7 Å². The average Bonchev–Trinajstić information content (AvgIpc) is 3.17. The fraction of sp³-hybridized carbons (Fsp3) is 0.804. The average molecular weight is 1030 g/mol. The van der Waals surface area contributed by atoms with Gasteiger partial charge >= 0.3 is 29.8 Å². The molecule has 6 rings (SSSR count). The molecule has 0 aromatic heterocycles. The summed E-state index contributed by atoms with van der Waals surface area (Å²) in [5.41, 5.74) is -6.01. The van der Waals surface area contributed by atoms with Gasteiger partial charge in [-0.3, -0.25) is 24.0 Å². The SMILES string of the molecule is CC1(C)CC(C(=O)Oc2cc(OC(=O)C3CC(C)(C)N([OH2+])C(C)(C)C3)c(OC(=O)C3CC(C)(C)N([OH2+])C(C)(C)C3)c(OC(=O)C3CC(C)(C)NC(C)(C)C3)c2OC(=O)C2CC(C)(C)NC(C)(C)C2)CC(C)(C)N1. The van der Waals surface area contributed by atoms with E-state index in [1.54, 1.807) is 0 Å². The molecule has 5 aliphatic heterocycles. The van der Waals surface area contributed by atoms with Crippen LogP contribution in [0, 0.1) is 29.6 Å². The van der Waals surface area contributed by atoms with E-state index in [1.807, 2.05) is 138 Å². The van der Waals surface area contributed by atoms with E-state index in [2.05, 4.69) is 16.0 Å². The van der Waals surface area contributed by atoms with Gasteiger partial charge in [-0.1, -0.05) is 10.1 Å². The van der Waals surface area contributed by atoms with Crippen molar-refractivity contribution in [3.8, 4) is 28.7 Å². The number of carbonyl (C=O) groups is 5. The second-order valence-corrected chi connectivity index (χ2v) is 29.1. The van der Waals surface area contributed by atoms with Gasteiger partial charge in [0.15, 0.2) is 11.5 Å². The normalized spacial score (nSPS) is 26.8. The van der Waals surface area contributed by atoms with Crippen LogP contribution in [0.15, 0.2) is 6.07 Å². The number of hydroxylamine groups is 4. The van der Waals surface area contributed by atoms with Crippen molar-refractivity contribution >= 4 is 29.8 Å². The molecule has 1 aromatic rings. The number of ether oxygens (including phenoxy) is 5. The Balaban J connectivity index is 1.60. The Morgan fingerprint density at radius 2 is 0.548 bits per heavy atom. The lowest BCUT2D eigenvalue weighted by molar-refractivity contribution is -0.251. The zero-order valence-electron chi connectivity index (χ0n) is 48.0. The summed E-state index contributed by atoms with van der Waals surface area (Å²) >= 11 is 0. The molecule has 73 heavy (non-hydrogen) atoms. The number of piperidine rings is 5. The Labute approximate surface area is 435 Å². The molecule has 0 amide bonds. The minimum Gasteiger partial charge on any atom is -0.422 e. The van der Waals surface area contributed by atoms with E-state index in [0.717, 1.165) is 0 Å². The van der Waals surface area contributed by atoms with Gasteiger partial charge in [-0.2, -0.15) is 0 Å². The number of hydrogen-bond acceptors (Lipinski definition) is 15. The van der Waals surface area contributed by atoms with Crippen molar-refractivity contribution < 1.29 is 58.1 Å². The Kier molecular flexibility index (Phi) is 15.5. The minimum absolute atomic E-state index is 0.222. The zero-order valence-corrected chi connectivity index (χ0v) is 48.0. The van der Waals surface area contributed by atoms with E-state index >= 15 is 4.79 Å². The fourth-order valence-electron chi connectivity index (χ4n) is 14.3. The van der Waals surface area contributed by atoms with Crippen molar-refractivity contribution in [3.05, 3.63) is 6.07 Å². The quantitative estimate of drug-likeness (QED) is 0.116. The van der Waals surface area contributed by atoms with Crippen LogP contribution in [0.5, 0.6) is 28.7 Å². The summed E-state index contributed by atoms with van der Waals surface area (Å²) in [6, 6.07) is 1.24. The third-order valence-electron chi connectivity index (χ3n) is 15.8. The summed E-state index contributed by atoms with van der Waals surface area (Å²) in [7, 11) is 0. The summed E-state index contributed by atoms with van der Waals surface area (Å²) in [5, 5.41) is 31.7. The fourth-order valence-corrected chi connectivity index (χ4v) is 14.3. The predicted molar refractivity (Wildman–Crippen MR) is 279 cm³/mol. The molecular weight excluding hydrogens is 935 g/mol. The number of nitrogens with one attached hydrogen (secondary N) is 3. The van der Waals surface area contributed by atoms with Gasteiger partial charge in [0, 0.05) is 39.3 Å². The maximum atomic E-state index is 15.1. The molecule has 5 fully saturated rings. The van der Waals surface area contributed by atoms with Crippen LogP contribution in [0.4, 0.5) is 0 Å². The first-order chi connectivity index (χ1) is 32.8. The number of carbonyl (C=O) groups excluding carboxylic acids is 5. The Bertz CT molecular complexity index is 2250. The smallest absolute Gasteiger partial charge is 0.314 e. The van der Waals surface area contributed by atoms with Crippen molar-refractivity contribution in [2.24, 2.45) is 29.6 Å². The number of nitrogens with zero attached hydrogens (tertiary/aromatic N) is 2. The molecule has 0 atom stereocenters. The molecule has 17 nitrogen and oxygen atoms in total. The molecule has 0 saturated carbocycles. The van der Waals surface area contributed by atoms with Gasteiger partial charge in [-0.25, -0.2) is 0 Å². The van der Waals surface area contributed by atoms with Gasteiger partial charge in [-0.05, 0) is 203 Å². The Morgan fingerprint density at radius 1 is 0.356 bits per heavy atom. The molecule has 1 aromatic carbocycles. The Morgan fingerprint density at radius 3 is 0.781 bits per heavy atom. The number of benzene rings is 1. The van der Waals surface area contributed by atoms with Gasteiger partial charge in [0.25, 0.3) is 0 Å². The van der Waals surface area contributed by atoms with Gasteiger partial charge in [0.1, 0.15) is 0 Å². The summed E-state index contributed by atoms with van der Waals surface area (Å²) in [6.45, 7) is 39.1. The van der Waals surface area contributed by atoms with Crippen LogP contribution in [0.1, 0.15) is 203 Å². The van der Waals surface area contributed by atoms with Crippen LogP contribution in [-0.4, -0.2) is 106 Å². The molecule has 0 aliphatic carbocycles. The van der Waals surface area contributed by atoms with E-state index in [4.69, 9.17) is 34.1 Å². The highest BCUT2D eigenvalue weighted by Crippen LogP contribution is 2.54. The highest BCUT2D eigenvalue weighted by molar-refractivity contribution is 5.88. The molecule has 5 heterocycles. The van der Waals surface area contributed by atoms with Gasteiger partial charge in [0.2, 0.25) is 17.2 Å². The predicted octanol–water partition coefficient (Wildman–Crippen LogP) is 7.70. The topological polar surface area (TPSA) is 220 Å². The lowest BCUT2D eigenvalue weighted by Crippen LogP contribution is -2.60. The molecular formula is C56H93N5O12+2. The van der Waals surface area contributed by atoms with Gasteiger partial charge in [-0.15, -0.1) is 0 Å². The highest BCUT2D eigenvalue weighted by atomic mass is 16.6. The number of esters is 5. The maximum absolute atomic E-state index is 15.1. The first kappa shape index (κ1) is 58.5. The molecule has 0 radical (unpaired) electrons. The summed E-state index contributed by atoms with van der Waals surface area (Å²) < 4.78 is 32.4. The molecule has 0 spiro atoms. The van der Waals surface area contributed by atoms with E-state index < -0.39 is 132 Å². The first-order valence-electron chi connectivity index (χ1n) is 26.5. The largest absolute Gasteiger partial charge is 0.422 e. The zero-order chi connectivity index (χ0) is 55.2. The van der Waals surface area contributed by atoms with Crippen LogP contribution in [-0.2, 0) is 24.0 Å². The van der Waals surface area contributed by atoms with Crippen LogP contribution in [0.3, 0.4) is 0 Å². The molecule has 0 bridgehead atoms. The van der Waals surface area contributed by atoms with Crippen molar-refractivity contribution in [3.63, 3.8) is 0 Å². The minimum atomic E-state index is -0.790. The van der Waals surface area contributed by atoms with Crippen molar-refractivity contribution in [1.82, 2.24) is 26.1 Å².